The van der Waals surface area contributed by atoms with Crippen molar-refractivity contribution in [2.24, 2.45) is 0 Å². The normalized spacial score (nSPS) is 25.7. The molecule has 7 nitrogen and oxygen atoms in total. The second kappa shape index (κ2) is 3.52. The van der Waals surface area contributed by atoms with E-state index in [1.54, 1.807) is 12.2 Å². The fraction of sp³-hybridized carbons (Fsp3) is 0.273. The van der Waals surface area contributed by atoms with Crippen molar-refractivity contribution in [2.75, 3.05) is 0 Å². The molecule has 0 aromatic rings. The molecule has 1 atom stereocenters. The molecule has 0 saturated carbocycles. The molecule has 0 spiro atoms. The topological polar surface area (TPSA) is 92.6 Å². The summed E-state index contributed by atoms with van der Waals surface area (Å²) < 4.78 is 0. The Morgan fingerprint density at radius 3 is 2.94 bits per heavy atom. The van der Waals surface area contributed by atoms with Crippen molar-refractivity contribution >= 4 is 11.8 Å². The molecule has 1 heterocycles. The van der Waals surface area contributed by atoms with Gasteiger partial charge in [0.05, 0.1) is 6.04 Å². The van der Waals surface area contributed by atoms with Gasteiger partial charge in [-0.25, -0.2) is 10.1 Å². The van der Waals surface area contributed by atoms with Crippen molar-refractivity contribution in [2.45, 2.75) is 18.9 Å². The summed E-state index contributed by atoms with van der Waals surface area (Å²) in [4.78, 5) is 34.0. The molecule has 18 heavy (non-hydrogen) atoms. The van der Waals surface area contributed by atoms with E-state index in [1.807, 2.05) is 6.08 Å². The van der Waals surface area contributed by atoms with Gasteiger partial charge in [-0.05, 0) is 23.4 Å². The Morgan fingerprint density at radius 1 is 1.44 bits per heavy atom. The van der Waals surface area contributed by atoms with Crippen LogP contribution in [0.1, 0.15) is 12.8 Å². The van der Waals surface area contributed by atoms with Crippen molar-refractivity contribution in [1.29, 1.82) is 0 Å². The fourth-order valence-electron chi connectivity index (χ4n) is 2.54. The Kier molecular flexibility index (Phi) is 2.09. The first kappa shape index (κ1) is 10.7. The highest BCUT2D eigenvalue weighted by molar-refractivity contribution is 6.36. The predicted octanol–water partition coefficient (Wildman–Crippen LogP) is 0.0492. The van der Waals surface area contributed by atoms with E-state index in [0.717, 1.165) is 12.0 Å². The zero-order chi connectivity index (χ0) is 12.9. The van der Waals surface area contributed by atoms with E-state index in [2.05, 4.69) is 5.32 Å². The predicted molar refractivity (Wildman–Crippen MR) is 59.3 cm³/mol. The smallest absolute Gasteiger partial charge is 0.339 e. The molecule has 92 valence electrons. The summed E-state index contributed by atoms with van der Waals surface area (Å²) in [7, 11) is 0. The van der Waals surface area contributed by atoms with Crippen LogP contribution in [0.3, 0.4) is 0 Å². The van der Waals surface area contributed by atoms with Gasteiger partial charge in [0, 0.05) is 5.57 Å². The third kappa shape index (κ3) is 1.30. The minimum absolute atomic E-state index is 0.274. The van der Waals surface area contributed by atoms with Crippen LogP contribution < -0.4 is 5.32 Å². The largest absolute Gasteiger partial charge is 0.376 e. The summed E-state index contributed by atoms with van der Waals surface area (Å²) in [5, 5.41) is 13.1. The van der Waals surface area contributed by atoms with E-state index in [0.29, 0.717) is 17.0 Å². The molecular weight excluding hydrogens is 238 g/mol. The van der Waals surface area contributed by atoms with Gasteiger partial charge in [-0.2, -0.15) is 0 Å². The Hall–Kier alpha value is -2.44. The Balaban J connectivity index is 2.17. The van der Waals surface area contributed by atoms with Gasteiger partial charge in [-0.15, -0.1) is 0 Å². The van der Waals surface area contributed by atoms with Crippen LogP contribution in [0.15, 0.2) is 35.1 Å². The van der Waals surface area contributed by atoms with Gasteiger partial charge < -0.3 is 5.32 Å². The number of carbonyl (C=O) groups excluding carboxylic acids is 2. The van der Waals surface area contributed by atoms with Crippen molar-refractivity contribution in [3.05, 3.63) is 45.2 Å². The molecule has 3 aliphatic rings. The van der Waals surface area contributed by atoms with Crippen LogP contribution in [0.2, 0.25) is 0 Å². The number of hydrogen-bond acceptors (Lipinski definition) is 4. The summed E-state index contributed by atoms with van der Waals surface area (Å²) in [6, 6.07) is -0.463. The minimum atomic E-state index is -1.14. The van der Waals surface area contributed by atoms with E-state index in [-0.39, 0.29) is 5.70 Å². The van der Waals surface area contributed by atoms with Gasteiger partial charge in [0.2, 0.25) is 0 Å². The molecule has 1 unspecified atom stereocenters. The maximum Gasteiger partial charge on any atom is 0.376 e. The molecule has 1 N–H and O–H groups in total. The van der Waals surface area contributed by atoms with E-state index < -0.39 is 22.9 Å². The van der Waals surface area contributed by atoms with Crippen LogP contribution in [0.25, 0.3) is 0 Å². The van der Waals surface area contributed by atoms with E-state index in [4.69, 9.17) is 0 Å². The van der Waals surface area contributed by atoms with Gasteiger partial charge in [0.1, 0.15) is 5.70 Å². The van der Waals surface area contributed by atoms with Crippen LogP contribution in [-0.4, -0.2) is 27.9 Å². The first-order valence-electron chi connectivity index (χ1n) is 5.50. The average molecular weight is 247 g/mol. The molecule has 2 amide bonds. The summed E-state index contributed by atoms with van der Waals surface area (Å²) in [6.07, 6.45) is 6.70. The molecule has 2 aliphatic carbocycles. The number of hydrazine groups is 1. The molecule has 1 fully saturated rings. The number of piperazine rings is 1. The number of nitrogens with one attached hydrogen (secondary N) is 1. The van der Waals surface area contributed by atoms with E-state index in [9.17, 15) is 19.7 Å². The number of fused-ring (bicyclic) bond motifs is 2. The SMILES string of the molecule is O=C1NC2CCC3=CC=CC3=C2N([N+](=O)[O-])C1=O. The first-order valence-corrected chi connectivity index (χ1v) is 5.50. The Morgan fingerprint density at radius 2 is 2.22 bits per heavy atom. The highest BCUT2D eigenvalue weighted by atomic mass is 16.7. The highest BCUT2D eigenvalue weighted by Gasteiger charge is 2.47. The lowest BCUT2D eigenvalue weighted by molar-refractivity contribution is -0.624. The molecular formula is C11H9N3O4. The van der Waals surface area contributed by atoms with Crippen LogP contribution >= 0.6 is 0 Å². The third-order valence-electron chi connectivity index (χ3n) is 3.30. The van der Waals surface area contributed by atoms with Crippen LogP contribution in [0.5, 0.6) is 0 Å². The molecule has 0 bridgehead atoms. The maximum absolute atomic E-state index is 11.6. The van der Waals surface area contributed by atoms with Gasteiger partial charge >= 0.3 is 11.8 Å². The average Bonchev–Trinajstić information content (AvgIpc) is 2.78. The summed E-state index contributed by atoms with van der Waals surface area (Å²) in [5.74, 6) is -2.06. The minimum Gasteiger partial charge on any atom is -0.339 e. The molecule has 7 heteroatoms. The maximum atomic E-state index is 11.6. The molecule has 1 saturated heterocycles. The molecule has 1 aliphatic heterocycles. The number of hydrogen-bond donors (Lipinski definition) is 1. The lowest BCUT2D eigenvalue weighted by Crippen LogP contribution is -2.58. The van der Waals surface area contributed by atoms with E-state index in [1.165, 1.54) is 0 Å². The second-order valence-electron chi connectivity index (χ2n) is 4.27. The Bertz CT molecular complexity index is 573. The van der Waals surface area contributed by atoms with Gasteiger partial charge in [-0.1, -0.05) is 18.2 Å². The van der Waals surface area contributed by atoms with Gasteiger partial charge in [0.15, 0.2) is 5.03 Å². The van der Waals surface area contributed by atoms with E-state index >= 15 is 0 Å². The summed E-state index contributed by atoms with van der Waals surface area (Å²) in [6.45, 7) is 0. The summed E-state index contributed by atoms with van der Waals surface area (Å²) >= 11 is 0. The monoisotopic (exact) mass is 247 g/mol. The van der Waals surface area contributed by atoms with Crippen LogP contribution in [0.4, 0.5) is 0 Å². The number of nitro groups is 1. The first-order chi connectivity index (χ1) is 8.59. The number of amides is 2. The van der Waals surface area contributed by atoms with Gasteiger partial charge in [0.25, 0.3) is 0 Å². The van der Waals surface area contributed by atoms with Crippen molar-refractivity contribution in [1.82, 2.24) is 10.3 Å². The molecule has 3 rings (SSSR count). The lowest BCUT2D eigenvalue weighted by Gasteiger charge is -2.33. The number of nitrogens with zero attached hydrogens (tertiary/aromatic N) is 2. The van der Waals surface area contributed by atoms with Gasteiger partial charge in [-0.3, -0.25) is 9.59 Å². The molecule has 0 radical (unpaired) electrons. The molecule has 0 aromatic carbocycles. The zero-order valence-corrected chi connectivity index (χ0v) is 9.25. The number of rotatable bonds is 1. The molecule has 0 aromatic heterocycles. The number of carbonyl (C=O) groups is 2. The lowest BCUT2D eigenvalue weighted by atomic mass is 9.88. The quantitative estimate of drug-likeness (QED) is 0.402. The fourth-order valence-corrected chi connectivity index (χ4v) is 2.54. The number of allylic oxidation sites excluding steroid dienone is 5. The Labute approximate surface area is 102 Å². The standard InChI is InChI=1S/C11H9N3O4/c15-10-11(16)13(14(17)18)9-7-3-1-2-6(7)4-5-8(9)12-10/h1-3,8H,4-5H2,(H,12,15). The third-order valence-corrected chi connectivity index (χ3v) is 3.30. The highest BCUT2D eigenvalue weighted by Crippen LogP contribution is 2.37. The van der Waals surface area contributed by atoms with Crippen LogP contribution in [-0.2, 0) is 9.59 Å². The zero-order valence-electron chi connectivity index (χ0n) is 9.25. The van der Waals surface area contributed by atoms with Crippen molar-refractivity contribution in [3.63, 3.8) is 0 Å². The van der Waals surface area contributed by atoms with Crippen molar-refractivity contribution < 1.29 is 14.6 Å². The second-order valence-corrected chi connectivity index (χ2v) is 4.27. The van der Waals surface area contributed by atoms with Crippen molar-refractivity contribution in [3.8, 4) is 0 Å². The summed E-state index contributed by atoms with van der Waals surface area (Å²) in [5.41, 5.74) is 1.92. The van der Waals surface area contributed by atoms with Crippen LogP contribution in [0, 0.1) is 10.1 Å².